The summed E-state index contributed by atoms with van der Waals surface area (Å²) < 4.78 is 11.0. The Morgan fingerprint density at radius 3 is 2.22 bits per heavy atom. The standard InChI is InChI=1S/C29H33N3O4/c1-4-21(2)36-27-7-5-6-23(20-27)28(33)30-24-10-12-25(13-11-24)31-16-18-32(19-17-31)29(34)22-8-14-26(35-3)15-9-22/h5-15,20-21H,4,16-19H2,1-3H3,(H,30,33)/t21-/m0/s1. The Labute approximate surface area is 212 Å². The smallest absolute Gasteiger partial charge is 0.255 e. The first-order valence-electron chi connectivity index (χ1n) is 12.3. The van der Waals surface area contributed by atoms with Crippen molar-refractivity contribution in [2.75, 3.05) is 43.5 Å². The van der Waals surface area contributed by atoms with Crippen molar-refractivity contribution in [3.8, 4) is 11.5 Å². The van der Waals surface area contributed by atoms with Crippen LogP contribution in [0.15, 0.2) is 72.8 Å². The van der Waals surface area contributed by atoms with Crippen molar-refractivity contribution in [3.05, 3.63) is 83.9 Å². The van der Waals surface area contributed by atoms with Crippen molar-refractivity contribution in [3.63, 3.8) is 0 Å². The number of piperazine rings is 1. The van der Waals surface area contributed by atoms with Crippen molar-refractivity contribution in [2.24, 2.45) is 0 Å². The lowest BCUT2D eigenvalue weighted by Gasteiger charge is -2.36. The van der Waals surface area contributed by atoms with Crippen molar-refractivity contribution < 1.29 is 19.1 Å². The lowest BCUT2D eigenvalue weighted by atomic mass is 10.1. The number of hydrogen-bond acceptors (Lipinski definition) is 5. The Morgan fingerprint density at radius 2 is 1.58 bits per heavy atom. The van der Waals surface area contributed by atoms with E-state index in [1.807, 2.05) is 48.2 Å². The van der Waals surface area contributed by atoms with Crippen LogP contribution in [0, 0.1) is 0 Å². The number of amides is 2. The summed E-state index contributed by atoms with van der Waals surface area (Å²) in [5.41, 5.74) is 3.01. The second kappa shape index (κ2) is 11.6. The van der Waals surface area contributed by atoms with Crippen LogP contribution in [0.4, 0.5) is 11.4 Å². The number of carbonyl (C=O) groups excluding carboxylic acids is 2. The highest BCUT2D eigenvalue weighted by atomic mass is 16.5. The minimum atomic E-state index is -0.178. The predicted octanol–water partition coefficient (Wildman–Crippen LogP) is 5.09. The highest BCUT2D eigenvalue weighted by Gasteiger charge is 2.22. The van der Waals surface area contributed by atoms with Gasteiger partial charge in [0.1, 0.15) is 11.5 Å². The van der Waals surface area contributed by atoms with Gasteiger partial charge in [-0.2, -0.15) is 0 Å². The lowest BCUT2D eigenvalue weighted by Crippen LogP contribution is -2.48. The van der Waals surface area contributed by atoms with Crippen molar-refractivity contribution in [1.82, 2.24) is 4.90 Å². The minimum Gasteiger partial charge on any atom is -0.497 e. The molecule has 1 atom stereocenters. The number of methoxy groups -OCH3 is 1. The van der Waals surface area contributed by atoms with Gasteiger partial charge in [0.2, 0.25) is 0 Å². The number of ether oxygens (including phenoxy) is 2. The van der Waals surface area contributed by atoms with Crippen LogP contribution >= 0.6 is 0 Å². The first-order valence-corrected chi connectivity index (χ1v) is 12.3. The van der Waals surface area contributed by atoms with E-state index in [9.17, 15) is 9.59 Å². The van der Waals surface area contributed by atoms with Crippen LogP contribution in [-0.4, -0.2) is 56.1 Å². The molecule has 0 aliphatic carbocycles. The average molecular weight is 488 g/mol. The molecule has 1 aliphatic rings. The second-order valence-electron chi connectivity index (χ2n) is 8.87. The van der Waals surface area contributed by atoms with E-state index in [-0.39, 0.29) is 17.9 Å². The summed E-state index contributed by atoms with van der Waals surface area (Å²) >= 11 is 0. The fourth-order valence-electron chi connectivity index (χ4n) is 4.07. The number of anilines is 2. The molecule has 0 unspecified atom stereocenters. The number of nitrogens with one attached hydrogen (secondary N) is 1. The van der Waals surface area contributed by atoms with E-state index in [0.29, 0.717) is 30.0 Å². The zero-order chi connectivity index (χ0) is 25.5. The predicted molar refractivity (Wildman–Crippen MR) is 142 cm³/mol. The molecule has 1 N–H and O–H groups in total. The van der Waals surface area contributed by atoms with Crippen molar-refractivity contribution >= 4 is 23.2 Å². The van der Waals surface area contributed by atoms with Crippen molar-refractivity contribution in [1.29, 1.82) is 0 Å². The highest BCUT2D eigenvalue weighted by molar-refractivity contribution is 6.04. The molecule has 36 heavy (non-hydrogen) atoms. The van der Waals surface area contributed by atoms with Crippen LogP contribution in [0.1, 0.15) is 41.0 Å². The summed E-state index contributed by atoms with van der Waals surface area (Å²) in [6, 6.07) is 22.3. The molecule has 1 saturated heterocycles. The molecular weight excluding hydrogens is 454 g/mol. The van der Waals surface area contributed by atoms with Gasteiger partial charge >= 0.3 is 0 Å². The SMILES string of the molecule is CC[C@H](C)Oc1cccc(C(=O)Nc2ccc(N3CCN(C(=O)c4ccc(OC)cc4)CC3)cc2)c1. The number of hydrogen-bond donors (Lipinski definition) is 1. The van der Waals surface area contributed by atoms with Crippen LogP contribution in [0.3, 0.4) is 0 Å². The fourth-order valence-corrected chi connectivity index (χ4v) is 4.07. The van der Waals surface area contributed by atoms with Gasteiger partial charge in [0, 0.05) is 48.7 Å². The molecule has 3 aromatic carbocycles. The molecule has 0 aromatic heterocycles. The maximum atomic E-state index is 12.8. The average Bonchev–Trinajstić information content (AvgIpc) is 2.93. The monoisotopic (exact) mass is 487 g/mol. The molecule has 7 heteroatoms. The summed E-state index contributed by atoms with van der Waals surface area (Å²) in [6.45, 7) is 6.86. The van der Waals surface area contributed by atoms with E-state index in [0.717, 1.165) is 36.6 Å². The quantitative estimate of drug-likeness (QED) is 0.479. The molecule has 0 spiro atoms. The summed E-state index contributed by atoms with van der Waals surface area (Å²) in [7, 11) is 1.61. The van der Waals surface area contributed by atoms with E-state index in [4.69, 9.17) is 9.47 Å². The topological polar surface area (TPSA) is 71.1 Å². The fraction of sp³-hybridized carbons (Fsp3) is 0.310. The van der Waals surface area contributed by atoms with Gasteiger partial charge in [0.25, 0.3) is 11.8 Å². The van der Waals surface area contributed by atoms with E-state index < -0.39 is 0 Å². The molecule has 3 aromatic rings. The zero-order valence-electron chi connectivity index (χ0n) is 21.1. The van der Waals surface area contributed by atoms with Crippen LogP contribution in [0.5, 0.6) is 11.5 Å². The first kappa shape index (κ1) is 25.1. The third-order valence-electron chi connectivity index (χ3n) is 6.40. The number of benzene rings is 3. The van der Waals surface area contributed by atoms with Gasteiger partial charge in [0.05, 0.1) is 13.2 Å². The van der Waals surface area contributed by atoms with E-state index in [2.05, 4.69) is 17.1 Å². The van der Waals surface area contributed by atoms with Crippen LogP contribution in [0.2, 0.25) is 0 Å². The number of carbonyl (C=O) groups is 2. The molecule has 1 heterocycles. The van der Waals surface area contributed by atoms with Crippen LogP contribution in [-0.2, 0) is 0 Å². The molecule has 1 fully saturated rings. The van der Waals surface area contributed by atoms with Gasteiger partial charge in [-0.15, -0.1) is 0 Å². The van der Waals surface area contributed by atoms with E-state index in [1.54, 1.807) is 43.5 Å². The molecule has 188 valence electrons. The van der Waals surface area contributed by atoms with E-state index >= 15 is 0 Å². The van der Waals surface area contributed by atoms with Gasteiger partial charge in [-0.05, 0) is 80.1 Å². The zero-order valence-corrected chi connectivity index (χ0v) is 21.1. The molecule has 4 rings (SSSR count). The minimum absolute atomic E-state index is 0.0361. The highest BCUT2D eigenvalue weighted by Crippen LogP contribution is 2.22. The maximum absolute atomic E-state index is 12.8. The summed E-state index contributed by atoms with van der Waals surface area (Å²) in [5, 5.41) is 2.96. The molecule has 2 amide bonds. The van der Waals surface area contributed by atoms with Crippen LogP contribution in [0.25, 0.3) is 0 Å². The summed E-state index contributed by atoms with van der Waals surface area (Å²) in [6.07, 6.45) is 0.995. The molecule has 1 aliphatic heterocycles. The number of nitrogens with zero attached hydrogens (tertiary/aromatic N) is 2. The van der Waals surface area contributed by atoms with Gasteiger partial charge in [-0.1, -0.05) is 13.0 Å². The van der Waals surface area contributed by atoms with Crippen LogP contribution < -0.4 is 19.7 Å². The maximum Gasteiger partial charge on any atom is 0.255 e. The molecule has 7 nitrogen and oxygen atoms in total. The molecule has 0 radical (unpaired) electrons. The van der Waals surface area contributed by atoms with Gasteiger partial charge in [-0.25, -0.2) is 0 Å². The number of rotatable bonds is 8. The Morgan fingerprint density at radius 1 is 0.889 bits per heavy atom. The third-order valence-corrected chi connectivity index (χ3v) is 6.40. The molecular formula is C29H33N3O4. The first-order chi connectivity index (χ1) is 17.5. The Balaban J connectivity index is 1.31. The molecule has 0 bridgehead atoms. The molecule has 0 saturated carbocycles. The normalized spacial score (nSPS) is 14.2. The van der Waals surface area contributed by atoms with E-state index in [1.165, 1.54) is 0 Å². The summed E-state index contributed by atoms with van der Waals surface area (Å²) in [5.74, 6) is 1.29. The summed E-state index contributed by atoms with van der Waals surface area (Å²) in [4.78, 5) is 29.7. The lowest BCUT2D eigenvalue weighted by molar-refractivity contribution is 0.0746. The third kappa shape index (κ3) is 6.16. The van der Waals surface area contributed by atoms with Crippen molar-refractivity contribution in [2.45, 2.75) is 26.4 Å². The van der Waals surface area contributed by atoms with Gasteiger partial charge in [-0.3, -0.25) is 9.59 Å². The Hall–Kier alpha value is -4.00. The van der Waals surface area contributed by atoms with Gasteiger partial charge in [0.15, 0.2) is 0 Å². The largest absolute Gasteiger partial charge is 0.497 e. The second-order valence-corrected chi connectivity index (χ2v) is 8.87. The Bertz CT molecular complexity index is 1170. The Kier molecular flexibility index (Phi) is 8.10. The van der Waals surface area contributed by atoms with Gasteiger partial charge < -0.3 is 24.6 Å².